The fourth-order valence-electron chi connectivity index (χ4n) is 6.09. The number of benzene rings is 4. The van der Waals surface area contributed by atoms with Gasteiger partial charge in [-0.05, 0) is 119 Å². The van der Waals surface area contributed by atoms with Gasteiger partial charge >= 0.3 is 0 Å². The van der Waals surface area contributed by atoms with Crippen molar-refractivity contribution in [2.75, 3.05) is 4.90 Å². The van der Waals surface area contributed by atoms with Crippen LogP contribution in [-0.2, 0) is 0 Å². The number of anilines is 3. The van der Waals surface area contributed by atoms with Crippen molar-refractivity contribution >= 4 is 17.2 Å². The Bertz CT molecular complexity index is 1960. The average molecular weight is 604 g/mol. The van der Waals surface area contributed by atoms with Crippen LogP contribution < -0.4 is 4.90 Å². The molecule has 1 N–H and O–H groups in total. The Morgan fingerprint density at radius 1 is 0.587 bits per heavy atom. The predicted octanol–water partition coefficient (Wildman–Crippen LogP) is 11.5. The lowest BCUT2D eigenvalue weighted by Crippen LogP contribution is -2.13. The van der Waals surface area contributed by atoms with Crippen LogP contribution >= 0.6 is 0 Å². The number of phenolic OH excluding ortho intramolecular Hbond substituents is 1. The second kappa shape index (κ2) is 13.0. The molecule has 0 fully saturated rings. The van der Waals surface area contributed by atoms with Crippen LogP contribution in [0.15, 0.2) is 121 Å². The van der Waals surface area contributed by atoms with Crippen molar-refractivity contribution in [3.05, 3.63) is 144 Å². The Hall–Kier alpha value is -5.22. The molecule has 6 rings (SSSR count). The first-order valence-corrected chi connectivity index (χ1v) is 16.0. The van der Waals surface area contributed by atoms with Crippen molar-refractivity contribution in [1.82, 2.24) is 9.97 Å². The highest BCUT2D eigenvalue weighted by molar-refractivity contribution is 5.81. The van der Waals surface area contributed by atoms with Gasteiger partial charge in [-0.2, -0.15) is 0 Å². The molecule has 2 aromatic heterocycles. The number of nitrogens with zero attached hydrogens (tertiary/aromatic N) is 3. The molecule has 46 heavy (non-hydrogen) atoms. The number of pyridine rings is 2. The minimum atomic E-state index is 0.255. The molecule has 0 unspecified atom stereocenters. The SMILES string of the molecule is Cc1cccc(C)c1-c1ccnc(-c2cccc(N(c3cccc(-c4ccccc4O)c3)c3cc(C(C)C)cc(C(C)C)c3)n2)c1. The highest BCUT2D eigenvalue weighted by Crippen LogP contribution is 2.40. The second-order valence-corrected chi connectivity index (χ2v) is 12.6. The molecule has 230 valence electrons. The normalized spacial score (nSPS) is 11.3. The summed E-state index contributed by atoms with van der Waals surface area (Å²) in [5, 5.41) is 10.7. The number of hydrogen-bond acceptors (Lipinski definition) is 4. The lowest BCUT2D eigenvalue weighted by molar-refractivity contribution is 0.477. The number of aryl methyl sites for hydroxylation is 2. The topological polar surface area (TPSA) is 49.2 Å². The van der Waals surface area contributed by atoms with Gasteiger partial charge in [0.15, 0.2) is 0 Å². The van der Waals surface area contributed by atoms with Gasteiger partial charge in [-0.3, -0.25) is 9.88 Å². The zero-order valence-electron chi connectivity index (χ0n) is 27.5. The molecule has 6 aromatic rings. The third kappa shape index (κ3) is 6.29. The van der Waals surface area contributed by atoms with Gasteiger partial charge in [0.2, 0.25) is 0 Å². The lowest BCUT2D eigenvalue weighted by Gasteiger charge is -2.27. The van der Waals surface area contributed by atoms with E-state index in [4.69, 9.17) is 9.97 Å². The predicted molar refractivity (Wildman–Crippen MR) is 192 cm³/mol. The summed E-state index contributed by atoms with van der Waals surface area (Å²) in [4.78, 5) is 12.3. The van der Waals surface area contributed by atoms with E-state index in [2.05, 4.69) is 119 Å². The molecule has 4 aromatic carbocycles. The maximum atomic E-state index is 10.7. The number of hydrogen-bond donors (Lipinski definition) is 1. The molecule has 0 radical (unpaired) electrons. The van der Waals surface area contributed by atoms with Crippen LogP contribution in [-0.4, -0.2) is 15.1 Å². The zero-order valence-corrected chi connectivity index (χ0v) is 27.5. The molecule has 4 nitrogen and oxygen atoms in total. The summed E-state index contributed by atoms with van der Waals surface area (Å²) in [7, 11) is 0. The van der Waals surface area contributed by atoms with E-state index in [1.165, 1.54) is 27.8 Å². The summed E-state index contributed by atoms with van der Waals surface area (Å²) in [5.74, 6) is 1.78. The van der Waals surface area contributed by atoms with Crippen LogP contribution in [0.5, 0.6) is 5.75 Å². The molecule has 0 bridgehead atoms. The number of rotatable bonds is 8. The Labute approximate surface area is 273 Å². The van der Waals surface area contributed by atoms with Gasteiger partial charge < -0.3 is 5.11 Å². The molecule has 0 spiro atoms. The van der Waals surface area contributed by atoms with Crippen molar-refractivity contribution in [3.63, 3.8) is 0 Å². The molecule has 0 aliphatic rings. The van der Waals surface area contributed by atoms with E-state index in [-0.39, 0.29) is 5.75 Å². The van der Waals surface area contributed by atoms with Gasteiger partial charge in [0.05, 0.1) is 11.4 Å². The highest BCUT2D eigenvalue weighted by Gasteiger charge is 2.19. The van der Waals surface area contributed by atoms with E-state index >= 15 is 0 Å². The summed E-state index contributed by atoms with van der Waals surface area (Å²) in [6.45, 7) is 13.2. The molecule has 0 amide bonds. The Morgan fingerprint density at radius 2 is 1.26 bits per heavy atom. The van der Waals surface area contributed by atoms with Gasteiger partial charge in [-0.15, -0.1) is 0 Å². The van der Waals surface area contributed by atoms with Crippen LogP contribution in [0.25, 0.3) is 33.6 Å². The van der Waals surface area contributed by atoms with Crippen LogP contribution in [0.3, 0.4) is 0 Å². The lowest BCUT2D eigenvalue weighted by atomic mass is 9.94. The minimum Gasteiger partial charge on any atom is -0.507 e. The third-order valence-electron chi connectivity index (χ3n) is 8.63. The quantitative estimate of drug-likeness (QED) is 0.188. The minimum absolute atomic E-state index is 0.255. The van der Waals surface area contributed by atoms with E-state index in [1.54, 1.807) is 6.07 Å². The monoisotopic (exact) mass is 603 g/mol. The zero-order chi connectivity index (χ0) is 32.4. The maximum absolute atomic E-state index is 10.7. The first kappa shape index (κ1) is 30.8. The number of para-hydroxylation sites is 1. The second-order valence-electron chi connectivity index (χ2n) is 12.6. The number of aromatic nitrogens is 2. The van der Waals surface area contributed by atoms with Crippen molar-refractivity contribution in [3.8, 4) is 39.4 Å². The molecule has 0 saturated heterocycles. The van der Waals surface area contributed by atoms with Crippen molar-refractivity contribution in [2.45, 2.75) is 53.4 Å². The van der Waals surface area contributed by atoms with E-state index in [0.29, 0.717) is 11.8 Å². The van der Waals surface area contributed by atoms with E-state index in [1.807, 2.05) is 42.6 Å². The van der Waals surface area contributed by atoms with Gasteiger partial charge in [-0.25, -0.2) is 4.98 Å². The Morgan fingerprint density at radius 3 is 1.96 bits per heavy atom. The number of phenols is 1. The van der Waals surface area contributed by atoms with Crippen LogP contribution in [0, 0.1) is 13.8 Å². The van der Waals surface area contributed by atoms with Crippen molar-refractivity contribution < 1.29 is 5.11 Å². The van der Waals surface area contributed by atoms with Crippen LogP contribution in [0.2, 0.25) is 0 Å². The van der Waals surface area contributed by atoms with E-state index in [9.17, 15) is 5.11 Å². The summed E-state index contributed by atoms with van der Waals surface area (Å²) in [6.07, 6.45) is 1.87. The molecule has 2 heterocycles. The van der Waals surface area contributed by atoms with Crippen molar-refractivity contribution in [1.29, 1.82) is 0 Å². The van der Waals surface area contributed by atoms with Crippen LogP contribution in [0.4, 0.5) is 17.2 Å². The average Bonchev–Trinajstić information content (AvgIpc) is 3.05. The van der Waals surface area contributed by atoms with Gasteiger partial charge in [0.25, 0.3) is 0 Å². The fraction of sp³-hybridized carbons (Fsp3) is 0.190. The molecule has 0 aliphatic heterocycles. The third-order valence-corrected chi connectivity index (χ3v) is 8.63. The molecular weight excluding hydrogens is 562 g/mol. The molecule has 4 heteroatoms. The van der Waals surface area contributed by atoms with E-state index < -0.39 is 0 Å². The standard InChI is InChI=1S/C42H41N3O/c1-27(2)33-22-34(28(3)4)25-36(24-33)45(35-15-10-14-31(23-35)37-16-7-8-18-40(37)46)41-19-11-17-38(44-41)39-26-32(20-21-43-39)42-29(5)12-9-13-30(42)6/h7-28,46H,1-6H3. The smallest absolute Gasteiger partial charge is 0.138 e. The highest BCUT2D eigenvalue weighted by atomic mass is 16.3. The maximum Gasteiger partial charge on any atom is 0.138 e. The van der Waals surface area contributed by atoms with Crippen molar-refractivity contribution in [2.24, 2.45) is 0 Å². The largest absolute Gasteiger partial charge is 0.507 e. The molecule has 0 saturated carbocycles. The summed E-state index contributed by atoms with van der Waals surface area (Å²) in [5.41, 5.74) is 12.7. The fourth-order valence-corrected chi connectivity index (χ4v) is 6.09. The van der Waals surface area contributed by atoms with Gasteiger partial charge in [-0.1, -0.05) is 88.4 Å². The van der Waals surface area contributed by atoms with Gasteiger partial charge in [0, 0.05) is 23.1 Å². The summed E-state index contributed by atoms with van der Waals surface area (Å²) < 4.78 is 0. The Balaban J connectivity index is 1.53. The summed E-state index contributed by atoms with van der Waals surface area (Å²) in [6, 6.07) is 39.4. The van der Waals surface area contributed by atoms with E-state index in [0.717, 1.165) is 45.3 Å². The first-order valence-electron chi connectivity index (χ1n) is 16.0. The van der Waals surface area contributed by atoms with Gasteiger partial charge in [0.1, 0.15) is 11.6 Å². The summed E-state index contributed by atoms with van der Waals surface area (Å²) >= 11 is 0. The molecule has 0 atom stereocenters. The molecule has 0 aliphatic carbocycles. The first-order chi connectivity index (χ1) is 22.2. The Kier molecular flexibility index (Phi) is 8.72. The molecular formula is C42H41N3O. The van der Waals surface area contributed by atoms with Crippen LogP contribution in [0.1, 0.15) is 61.8 Å². The number of aromatic hydroxyl groups is 1.